The van der Waals surface area contributed by atoms with Crippen LogP contribution in [0, 0.1) is 5.41 Å². The van der Waals surface area contributed by atoms with Crippen molar-refractivity contribution in [1.29, 1.82) is 0 Å². The molecular formula is C19H31N3O. The maximum atomic E-state index is 9.89. The monoisotopic (exact) mass is 317 g/mol. The number of nitrogens with zero attached hydrogens (tertiary/aromatic N) is 3. The predicted octanol–water partition coefficient (Wildman–Crippen LogP) is 3.06. The van der Waals surface area contributed by atoms with Gasteiger partial charge >= 0.3 is 0 Å². The van der Waals surface area contributed by atoms with Crippen molar-refractivity contribution in [2.75, 3.05) is 37.7 Å². The summed E-state index contributed by atoms with van der Waals surface area (Å²) < 4.78 is 0. The summed E-state index contributed by atoms with van der Waals surface area (Å²) in [4.78, 5) is 9.60. The molecule has 23 heavy (non-hydrogen) atoms. The van der Waals surface area contributed by atoms with E-state index in [2.05, 4.69) is 28.9 Å². The Hall–Kier alpha value is -1.13. The number of rotatable bonds is 6. The number of aliphatic hydroxyl groups excluding tert-OH is 1. The summed E-state index contributed by atoms with van der Waals surface area (Å²) in [5.74, 6) is 1.07. The summed E-state index contributed by atoms with van der Waals surface area (Å²) in [6.07, 6.45) is 9.24. The number of likely N-dealkylation sites (tertiary alicyclic amines) is 1. The van der Waals surface area contributed by atoms with E-state index in [1.807, 2.05) is 6.20 Å². The number of hydrogen-bond donors (Lipinski definition) is 1. The van der Waals surface area contributed by atoms with Crippen LogP contribution in [-0.4, -0.2) is 47.8 Å². The number of anilines is 1. The van der Waals surface area contributed by atoms with E-state index in [9.17, 15) is 5.11 Å². The molecule has 2 aliphatic heterocycles. The number of aliphatic hydroxyl groups is 1. The van der Waals surface area contributed by atoms with Gasteiger partial charge in [-0.15, -0.1) is 0 Å². The molecule has 4 heteroatoms. The molecule has 0 aliphatic carbocycles. The van der Waals surface area contributed by atoms with E-state index in [0.29, 0.717) is 6.61 Å². The molecule has 0 aromatic carbocycles. The smallest absolute Gasteiger partial charge is 0.128 e. The highest BCUT2D eigenvalue weighted by Crippen LogP contribution is 2.35. The van der Waals surface area contributed by atoms with Gasteiger partial charge in [-0.05, 0) is 56.8 Å². The number of pyridine rings is 1. The van der Waals surface area contributed by atoms with Crippen LogP contribution in [0.2, 0.25) is 0 Å². The van der Waals surface area contributed by atoms with E-state index in [1.165, 1.54) is 31.5 Å². The topological polar surface area (TPSA) is 39.6 Å². The van der Waals surface area contributed by atoms with Crippen LogP contribution in [0.1, 0.15) is 51.0 Å². The Morgan fingerprint density at radius 3 is 2.65 bits per heavy atom. The van der Waals surface area contributed by atoms with E-state index in [4.69, 9.17) is 4.98 Å². The van der Waals surface area contributed by atoms with Gasteiger partial charge in [0, 0.05) is 31.2 Å². The van der Waals surface area contributed by atoms with Crippen molar-refractivity contribution in [3.8, 4) is 0 Å². The fraction of sp³-hybridized carbons (Fsp3) is 0.737. The van der Waals surface area contributed by atoms with Crippen molar-refractivity contribution >= 4 is 5.82 Å². The van der Waals surface area contributed by atoms with Crippen molar-refractivity contribution in [2.24, 2.45) is 5.41 Å². The van der Waals surface area contributed by atoms with Gasteiger partial charge in [-0.3, -0.25) is 4.90 Å². The first-order valence-electron chi connectivity index (χ1n) is 9.28. The van der Waals surface area contributed by atoms with Crippen molar-refractivity contribution < 1.29 is 5.11 Å². The maximum Gasteiger partial charge on any atom is 0.128 e. The van der Waals surface area contributed by atoms with E-state index in [0.717, 1.165) is 51.1 Å². The highest BCUT2D eigenvalue weighted by molar-refractivity contribution is 5.40. The average Bonchev–Trinajstić information content (AvgIpc) is 3.09. The first-order valence-corrected chi connectivity index (χ1v) is 9.28. The van der Waals surface area contributed by atoms with Gasteiger partial charge < -0.3 is 10.0 Å². The third-order valence-corrected chi connectivity index (χ3v) is 5.52. The molecule has 2 aliphatic rings. The lowest BCUT2D eigenvalue weighted by Gasteiger charge is -2.42. The average molecular weight is 317 g/mol. The van der Waals surface area contributed by atoms with Gasteiger partial charge in [0.25, 0.3) is 0 Å². The predicted molar refractivity (Wildman–Crippen MR) is 94.6 cm³/mol. The Balaban J connectivity index is 1.63. The molecule has 0 saturated carbocycles. The fourth-order valence-corrected chi connectivity index (χ4v) is 4.24. The van der Waals surface area contributed by atoms with E-state index < -0.39 is 0 Å². The first-order chi connectivity index (χ1) is 11.2. The van der Waals surface area contributed by atoms with Crippen molar-refractivity contribution in [3.05, 3.63) is 23.9 Å². The van der Waals surface area contributed by atoms with E-state index in [1.54, 1.807) is 0 Å². The Labute approximate surface area is 140 Å². The molecule has 3 heterocycles. The second kappa shape index (κ2) is 7.63. The normalized spacial score (nSPS) is 25.9. The quantitative estimate of drug-likeness (QED) is 0.875. The van der Waals surface area contributed by atoms with Gasteiger partial charge in [0.05, 0.1) is 6.61 Å². The summed E-state index contributed by atoms with van der Waals surface area (Å²) >= 11 is 0. The first kappa shape index (κ1) is 16.7. The SMILES string of the molecule is CCCC1(CO)CCCN(c2ccc(CN3CCCC3)cn2)C1. The zero-order valence-electron chi connectivity index (χ0n) is 14.5. The molecular weight excluding hydrogens is 286 g/mol. The van der Waals surface area contributed by atoms with Crippen LogP contribution in [0.3, 0.4) is 0 Å². The van der Waals surface area contributed by atoms with Crippen LogP contribution in [0.4, 0.5) is 5.82 Å². The number of hydrogen-bond acceptors (Lipinski definition) is 4. The van der Waals surface area contributed by atoms with Crippen molar-refractivity contribution in [1.82, 2.24) is 9.88 Å². The molecule has 1 unspecified atom stereocenters. The summed E-state index contributed by atoms with van der Waals surface area (Å²) in [6.45, 7) is 7.99. The molecule has 1 aromatic rings. The number of piperidine rings is 1. The highest BCUT2D eigenvalue weighted by Gasteiger charge is 2.34. The molecule has 3 rings (SSSR count). The van der Waals surface area contributed by atoms with Gasteiger partial charge in [0.15, 0.2) is 0 Å². The molecule has 2 fully saturated rings. The van der Waals surface area contributed by atoms with Crippen molar-refractivity contribution in [3.63, 3.8) is 0 Å². The lowest BCUT2D eigenvalue weighted by Crippen LogP contribution is -2.45. The van der Waals surface area contributed by atoms with E-state index in [-0.39, 0.29) is 5.41 Å². The molecule has 0 amide bonds. The molecule has 0 radical (unpaired) electrons. The van der Waals surface area contributed by atoms with Crippen LogP contribution >= 0.6 is 0 Å². The van der Waals surface area contributed by atoms with Gasteiger partial charge in [-0.25, -0.2) is 4.98 Å². The van der Waals surface area contributed by atoms with Gasteiger partial charge in [-0.2, -0.15) is 0 Å². The maximum absolute atomic E-state index is 9.89. The minimum absolute atomic E-state index is 0.0723. The molecule has 1 aromatic heterocycles. The van der Waals surface area contributed by atoms with Crippen LogP contribution < -0.4 is 4.90 Å². The second-order valence-corrected chi connectivity index (χ2v) is 7.44. The molecule has 1 atom stereocenters. The Morgan fingerprint density at radius 2 is 2.00 bits per heavy atom. The largest absolute Gasteiger partial charge is 0.396 e. The van der Waals surface area contributed by atoms with Crippen LogP contribution in [-0.2, 0) is 6.54 Å². The lowest BCUT2D eigenvalue weighted by molar-refractivity contribution is 0.0952. The summed E-state index contributed by atoms with van der Waals surface area (Å²) in [7, 11) is 0. The standard InChI is InChI=1S/C19H31N3O/c1-2-8-19(16-23)9-5-12-22(15-19)18-7-6-17(13-20-18)14-21-10-3-4-11-21/h6-7,13,23H,2-5,8-12,14-16H2,1H3. The Bertz CT molecular complexity index is 480. The zero-order valence-corrected chi connectivity index (χ0v) is 14.5. The van der Waals surface area contributed by atoms with Crippen molar-refractivity contribution in [2.45, 2.75) is 52.0 Å². The third kappa shape index (κ3) is 4.04. The Kier molecular flexibility index (Phi) is 5.54. The fourth-order valence-electron chi connectivity index (χ4n) is 4.24. The van der Waals surface area contributed by atoms with Crippen LogP contribution in [0.25, 0.3) is 0 Å². The van der Waals surface area contributed by atoms with E-state index >= 15 is 0 Å². The van der Waals surface area contributed by atoms with Gasteiger partial charge in [0.2, 0.25) is 0 Å². The minimum atomic E-state index is 0.0723. The second-order valence-electron chi connectivity index (χ2n) is 7.44. The molecule has 0 spiro atoms. The summed E-state index contributed by atoms with van der Waals surface area (Å²) in [6, 6.07) is 4.40. The third-order valence-electron chi connectivity index (χ3n) is 5.52. The molecule has 0 bridgehead atoms. The van der Waals surface area contributed by atoms with Gasteiger partial charge in [0.1, 0.15) is 5.82 Å². The van der Waals surface area contributed by atoms with Gasteiger partial charge in [-0.1, -0.05) is 19.4 Å². The molecule has 128 valence electrons. The minimum Gasteiger partial charge on any atom is -0.396 e. The summed E-state index contributed by atoms with van der Waals surface area (Å²) in [5.41, 5.74) is 1.39. The number of aromatic nitrogens is 1. The lowest BCUT2D eigenvalue weighted by atomic mass is 9.77. The molecule has 1 N–H and O–H groups in total. The highest BCUT2D eigenvalue weighted by atomic mass is 16.3. The van der Waals surface area contributed by atoms with Crippen LogP contribution in [0.15, 0.2) is 18.3 Å². The molecule has 2 saturated heterocycles. The summed E-state index contributed by atoms with van der Waals surface area (Å²) in [5, 5.41) is 9.89. The zero-order chi connectivity index (χ0) is 16.1. The van der Waals surface area contributed by atoms with Crippen LogP contribution in [0.5, 0.6) is 0 Å². The molecule has 4 nitrogen and oxygen atoms in total. The Morgan fingerprint density at radius 1 is 1.17 bits per heavy atom.